The second-order valence-corrected chi connectivity index (χ2v) is 16.7. The maximum absolute atomic E-state index is 14.0. The minimum atomic E-state index is -0.562. The number of anilines is 1. The van der Waals surface area contributed by atoms with E-state index in [1.807, 2.05) is 67.9 Å². The third kappa shape index (κ3) is 9.37. The Kier molecular flexibility index (Phi) is 13.5. The first kappa shape index (κ1) is 45.2. The lowest BCUT2D eigenvalue weighted by molar-refractivity contribution is -0.130. The maximum Gasteiger partial charge on any atom is 0.260 e. The number of unbranched alkanes of at least 4 members (excludes halogenated alkanes) is 1. The molecule has 4 atom stereocenters. The number of hydrogen-bond acceptors (Lipinski definition) is 11. The highest BCUT2D eigenvalue weighted by molar-refractivity contribution is 6.06. The molecule has 4 aromatic carbocycles. The van der Waals surface area contributed by atoms with Crippen LogP contribution >= 0.6 is 0 Å². The molecule has 4 aliphatic rings. The Bertz CT molecular complexity index is 2640. The van der Waals surface area contributed by atoms with Crippen molar-refractivity contribution in [2.75, 3.05) is 39.9 Å². The summed E-state index contributed by atoms with van der Waals surface area (Å²) in [5.41, 5.74) is 11.9. The van der Waals surface area contributed by atoms with E-state index in [9.17, 15) is 19.2 Å². The molecule has 3 N–H and O–H groups in total. The van der Waals surface area contributed by atoms with Crippen LogP contribution in [0.25, 0.3) is 11.1 Å². The number of aliphatic imine (C=N–C) groups is 2. The number of fused-ring (bicyclic) bond motifs is 4. The molecule has 0 aromatic heterocycles. The second kappa shape index (κ2) is 19.8. The van der Waals surface area contributed by atoms with Crippen molar-refractivity contribution in [1.29, 1.82) is 0 Å². The van der Waals surface area contributed by atoms with Crippen molar-refractivity contribution in [2.24, 2.45) is 27.6 Å². The Morgan fingerprint density at radius 2 is 1.21 bits per heavy atom. The molecule has 342 valence electrons. The zero-order valence-corrected chi connectivity index (χ0v) is 37.7. The third-order valence-corrected chi connectivity index (χ3v) is 12.5. The van der Waals surface area contributed by atoms with Gasteiger partial charge in [-0.3, -0.25) is 29.2 Å². The smallest absolute Gasteiger partial charge is 0.260 e. The highest BCUT2D eigenvalue weighted by atomic mass is 16.5. The molecule has 4 heterocycles. The predicted octanol–water partition coefficient (Wildman–Crippen LogP) is 8.37. The van der Waals surface area contributed by atoms with Crippen molar-refractivity contribution in [2.45, 2.75) is 64.5 Å². The fourth-order valence-electron chi connectivity index (χ4n) is 8.64. The van der Waals surface area contributed by atoms with Crippen molar-refractivity contribution in [3.63, 3.8) is 0 Å². The Balaban J connectivity index is 0.869. The van der Waals surface area contributed by atoms with Crippen molar-refractivity contribution in [1.82, 2.24) is 9.80 Å². The number of carbonyl (C=O) groups is 4. The van der Waals surface area contributed by atoms with Gasteiger partial charge in [0.05, 0.1) is 69.1 Å². The van der Waals surface area contributed by atoms with Gasteiger partial charge in [-0.05, 0) is 65.1 Å². The van der Waals surface area contributed by atoms with Crippen LogP contribution in [0.5, 0.6) is 28.7 Å². The topological polar surface area (TPSA) is 184 Å². The van der Waals surface area contributed by atoms with E-state index in [-0.39, 0.29) is 43.0 Å². The fourth-order valence-corrected chi connectivity index (χ4v) is 8.64. The number of ether oxygens (including phenoxy) is 5. The van der Waals surface area contributed by atoms with Crippen LogP contribution in [0.2, 0.25) is 0 Å². The van der Waals surface area contributed by atoms with Crippen LogP contribution < -0.4 is 34.7 Å². The molecule has 8 rings (SSSR count). The highest BCUT2D eigenvalue weighted by Gasteiger charge is 2.35. The Morgan fingerprint density at radius 3 is 1.67 bits per heavy atom. The molecular weight excluding hydrogens is 841 g/mol. The van der Waals surface area contributed by atoms with E-state index in [0.717, 1.165) is 40.9 Å². The zero-order valence-electron chi connectivity index (χ0n) is 37.7. The predicted molar refractivity (Wildman–Crippen MR) is 252 cm³/mol. The SMILES string of the molecule is CCCCC(C(N)=O)[C@H](C)C(=O)Nc1ccc(C2=CN3C(=O)c4cc(OC)c(OCCCOc5cc6c(cc5OC)C(=O)N5C=C(c7ccc(OC)cc7)C[C@H]5C=N6)cc4N=C[C@@H]3C2)cc1. The van der Waals surface area contributed by atoms with E-state index in [1.165, 1.54) is 14.2 Å². The van der Waals surface area contributed by atoms with Crippen molar-refractivity contribution in [3.05, 3.63) is 107 Å². The van der Waals surface area contributed by atoms with E-state index in [0.29, 0.717) is 76.9 Å². The van der Waals surface area contributed by atoms with Gasteiger partial charge in [0.2, 0.25) is 11.8 Å². The Hall–Kier alpha value is -7.42. The molecule has 0 saturated heterocycles. The number of carbonyl (C=O) groups excluding carboxylic acids is 4. The molecule has 0 radical (unpaired) electrons. The van der Waals surface area contributed by atoms with Gasteiger partial charge in [0.15, 0.2) is 23.0 Å². The molecule has 66 heavy (non-hydrogen) atoms. The van der Waals surface area contributed by atoms with Crippen LogP contribution in [-0.2, 0) is 9.59 Å². The summed E-state index contributed by atoms with van der Waals surface area (Å²) >= 11 is 0. The van der Waals surface area contributed by atoms with Gasteiger partial charge in [0, 0.05) is 73.7 Å². The van der Waals surface area contributed by atoms with Crippen molar-refractivity contribution < 1.29 is 42.9 Å². The number of hydrogen-bond donors (Lipinski definition) is 2. The van der Waals surface area contributed by atoms with Gasteiger partial charge >= 0.3 is 0 Å². The van der Waals surface area contributed by atoms with E-state index >= 15 is 0 Å². The Morgan fingerprint density at radius 1 is 0.712 bits per heavy atom. The second-order valence-electron chi connectivity index (χ2n) is 16.7. The van der Waals surface area contributed by atoms with Gasteiger partial charge < -0.3 is 44.5 Å². The van der Waals surface area contributed by atoms with Crippen LogP contribution in [0.4, 0.5) is 17.1 Å². The Labute approximate surface area is 383 Å². The number of nitrogens with one attached hydrogen (secondary N) is 1. The molecule has 0 bridgehead atoms. The van der Waals surface area contributed by atoms with E-state index in [1.54, 1.807) is 60.5 Å². The highest BCUT2D eigenvalue weighted by Crippen LogP contribution is 2.42. The van der Waals surface area contributed by atoms with Crippen LogP contribution in [-0.4, -0.2) is 92.5 Å². The summed E-state index contributed by atoms with van der Waals surface area (Å²) in [6, 6.07) is 21.4. The molecule has 1 unspecified atom stereocenters. The van der Waals surface area contributed by atoms with Crippen LogP contribution in [0.3, 0.4) is 0 Å². The molecule has 15 heteroatoms. The lowest BCUT2D eigenvalue weighted by Gasteiger charge is -2.20. The first-order valence-corrected chi connectivity index (χ1v) is 22.2. The van der Waals surface area contributed by atoms with E-state index in [4.69, 9.17) is 39.4 Å². The number of nitrogens with zero attached hydrogens (tertiary/aromatic N) is 4. The number of nitrogens with two attached hydrogens (primary N) is 1. The van der Waals surface area contributed by atoms with Crippen LogP contribution in [0, 0.1) is 11.8 Å². The molecule has 15 nitrogen and oxygen atoms in total. The average molecular weight is 895 g/mol. The number of benzene rings is 4. The lowest BCUT2D eigenvalue weighted by Crippen LogP contribution is -2.35. The first-order valence-electron chi connectivity index (χ1n) is 22.2. The largest absolute Gasteiger partial charge is 0.497 e. The number of rotatable bonds is 18. The molecule has 0 saturated carbocycles. The number of amides is 4. The summed E-state index contributed by atoms with van der Waals surface area (Å²) in [4.78, 5) is 65.7. The maximum atomic E-state index is 14.0. The normalized spacial score (nSPS) is 17.8. The lowest BCUT2D eigenvalue weighted by atomic mass is 9.88. The molecule has 4 amide bonds. The molecule has 0 spiro atoms. The first-order chi connectivity index (χ1) is 32.0. The minimum absolute atomic E-state index is 0.172. The van der Waals surface area contributed by atoms with Gasteiger partial charge in [0.25, 0.3) is 11.8 Å². The van der Waals surface area contributed by atoms with Gasteiger partial charge in [-0.1, -0.05) is 51.0 Å². The summed E-state index contributed by atoms with van der Waals surface area (Å²) in [5, 5.41) is 2.91. The molecule has 0 aliphatic carbocycles. The summed E-state index contributed by atoms with van der Waals surface area (Å²) in [6.07, 6.45) is 11.3. The zero-order chi connectivity index (χ0) is 46.5. The number of primary amides is 1. The van der Waals surface area contributed by atoms with Gasteiger partial charge in [-0.25, -0.2) is 0 Å². The molecular formula is C51H54N6O9. The summed E-state index contributed by atoms with van der Waals surface area (Å²) < 4.78 is 28.9. The monoisotopic (exact) mass is 894 g/mol. The third-order valence-electron chi connectivity index (χ3n) is 12.5. The van der Waals surface area contributed by atoms with Gasteiger partial charge in [-0.2, -0.15) is 0 Å². The fraction of sp³-hybridized carbons (Fsp3) is 0.333. The summed E-state index contributed by atoms with van der Waals surface area (Å²) in [5.74, 6) is 0.250. The minimum Gasteiger partial charge on any atom is -0.497 e. The van der Waals surface area contributed by atoms with E-state index < -0.39 is 17.7 Å². The molecule has 0 fully saturated rings. The summed E-state index contributed by atoms with van der Waals surface area (Å²) in [7, 11) is 4.68. The van der Waals surface area contributed by atoms with Gasteiger partial charge in [0.1, 0.15) is 5.75 Å². The van der Waals surface area contributed by atoms with Crippen molar-refractivity contribution >= 4 is 64.3 Å². The summed E-state index contributed by atoms with van der Waals surface area (Å²) in [6.45, 7) is 4.30. The molecule has 4 aromatic rings. The average Bonchev–Trinajstić information content (AvgIpc) is 3.91. The molecule has 4 aliphatic heterocycles. The van der Waals surface area contributed by atoms with Crippen molar-refractivity contribution in [3.8, 4) is 28.7 Å². The van der Waals surface area contributed by atoms with Crippen LogP contribution in [0.1, 0.15) is 84.2 Å². The van der Waals surface area contributed by atoms with E-state index in [2.05, 4.69) is 5.32 Å². The quantitative estimate of drug-likeness (QED) is 0.0927. The standard InChI is InChI=1S/C51H54N6O9/c1-6-7-9-39(48(52)58)30(2)49(59)55-35-14-10-31(11-15-35)33-20-36-26-53-42-24-46(44(63-4)22-40(42)50(60)56(36)28-33)65-18-8-19-66-47-25-43-41(23-45(47)64-5)51(61)57-29-34(21-37(57)27-54-43)32-12-16-38(62-3)17-13-32/h10-17,22-30,36-37,39H,6-9,18-21H2,1-5H3,(H2,52,58)(H,55,59)/t30-,36-,37-,39?/m0/s1. The van der Waals surface area contributed by atoms with Crippen LogP contribution in [0.15, 0.2) is 95.2 Å². The van der Waals surface area contributed by atoms with Gasteiger partial charge in [-0.15, -0.1) is 0 Å². The number of methoxy groups -OCH3 is 3.